The van der Waals surface area contributed by atoms with Crippen molar-refractivity contribution in [2.24, 2.45) is 0 Å². The molecule has 144 valence electrons. The Morgan fingerprint density at radius 2 is 1.81 bits per heavy atom. The van der Waals surface area contributed by atoms with Gasteiger partial charge in [0.25, 0.3) is 0 Å². The fourth-order valence-electron chi connectivity index (χ4n) is 2.78. The van der Waals surface area contributed by atoms with Gasteiger partial charge in [0, 0.05) is 29.0 Å². The van der Waals surface area contributed by atoms with E-state index in [4.69, 9.17) is 11.6 Å². The van der Waals surface area contributed by atoms with Crippen LogP contribution in [0.25, 0.3) is 0 Å². The predicted molar refractivity (Wildman–Crippen MR) is 113 cm³/mol. The largest absolute Gasteiger partial charge is 0.355 e. The van der Waals surface area contributed by atoms with Crippen LogP contribution in [0.2, 0.25) is 5.02 Å². The quantitative estimate of drug-likeness (QED) is 0.638. The van der Waals surface area contributed by atoms with Crippen LogP contribution >= 0.6 is 27.5 Å². The van der Waals surface area contributed by atoms with Crippen molar-refractivity contribution in [3.8, 4) is 0 Å². The van der Waals surface area contributed by atoms with Gasteiger partial charge in [-0.1, -0.05) is 57.9 Å². The van der Waals surface area contributed by atoms with E-state index in [1.807, 2.05) is 55.5 Å². The first-order valence-corrected chi connectivity index (χ1v) is 10.1. The zero-order valence-electron chi connectivity index (χ0n) is 15.5. The van der Waals surface area contributed by atoms with Crippen molar-refractivity contribution < 1.29 is 9.59 Å². The molecule has 2 rings (SSSR count). The van der Waals surface area contributed by atoms with Gasteiger partial charge in [-0.3, -0.25) is 9.59 Å². The molecule has 0 aromatic heterocycles. The molecular weight excluding hydrogens is 428 g/mol. The van der Waals surface area contributed by atoms with E-state index < -0.39 is 6.04 Å². The van der Waals surface area contributed by atoms with E-state index in [9.17, 15) is 9.59 Å². The molecule has 0 radical (unpaired) electrons. The van der Waals surface area contributed by atoms with Gasteiger partial charge >= 0.3 is 0 Å². The Morgan fingerprint density at radius 1 is 1.15 bits per heavy atom. The minimum Gasteiger partial charge on any atom is -0.355 e. The molecule has 0 saturated carbocycles. The second kappa shape index (κ2) is 10.5. The lowest BCUT2D eigenvalue weighted by Crippen LogP contribution is -2.47. The van der Waals surface area contributed by atoms with Crippen LogP contribution in [0.4, 0.5) is 0 Å². The van der Waals surface area contributed by atoms with E-state index in [1.165, 1.54) is 0 Å². The van der Waals surface area contributed by atoms with Crippen molar-refractivity contribution >= 4 is 39.3 Å². The van der Waals surface area contributed by atoms with Crippen LogP contribution in [0.15, 0.2) is 53.0 Å². The van der Waals surface area contributed by atoms with Gasteiger partial charge in [-0.25, -0.2) is 0 Å². The van der Waals surface area contributed by atoms with Gasteiger partial charge in [-0.15, -0.1) is 0 Å². The Labute approximate surface area is 174 Å². The van der Waals surface area contributed by atoms with Crippen LogP contribution in [0, 0.1) is 0 Å². The highest BCUT2D eigenvalue weighted by Crippen LogP contribution is 2.19. The number of benzene rings is 2. The first kappa shape index (κ1) is 21.5. The molecule has 4 nitrogen and oxygen atoms in total. The van der Waals surface area contributed by atoms with E-state index in [2.05, 4.69) is 21.2 Å². The van der Waals surface area contributed by atoms with Gasteiger partial charge in [-0.05, 0) is 49.6 Å². The summed E-state index contributed by atoms with van der Waals surface area (Å²) in [6, 6.07) is 14.7. The van der Waals surface area contributed by atoms with Gasteiger partial charge in [0.05, 0.1) is 0 Å². The minimum atomic E-state index is -0.549. The lowest BCUT2D eigenvalue weighted by atomic mass is 10.1. The fourth-order valence-corrected chi connectivity index (χ4v) is 3.27. The Morgan fingerprint density at radius 3 is 2.44 bits per heavy atom. The maximum absolute atomic E-state index is 12.9. The number of hydrogen-bond donors (Lipinski definition) is 1. The zero-order valence-corrected chi connectivity index (χ0v) is 17.9. The molecule has 27 heavy (non-hydrogen) atoms. The number of aryl methyl sites for hydroxylation is 1. The Hall–Kier alpha value is -1.85. The third-order valence-corrected chi connectivity index (χ3v) is 5.25. The molecule has 6 heteroatoms. The normalized spacial score (nSPS) is 11.7. The monoisotopic (exact) mass is 450 g/mol. The van der Waals surface area contributed by atoms with E-state index in [-0.39, 0.29) is 11.8 Å². The number of carbonyl (C=O) groups is 2. The van der Waals surface area contributed by atoms with Gasteiger partial charge in [0.1, 0.15) is 6.04 Å². The number of nitrogens with one attached hydrogen (secondary N) is 1. The summed E-state index contributed by atoms with van der Waals surface area (Å²) in [5, 5.41) is 3.45. The molecular formula is C21H24BrClN2O2. The smallest absolute Gasteiger partial charge is 0.242 e. The summed E-state index contributed by atoms with van der Waals surface area (Å²) in [4.78, 5) is 26.9. The topological polar surface area (TPSA) is 49.4 Å². The van der Waals surface area contributed by atoms with Crippen molar-refractivity contribution in [2.45, 2.75) is 39.3 Å². The number of likely N-dealkylation sites (N-methyl/N-ethyl adjacent to an activating group) is 1. The van der Waals surface area contributed by atoms with E-state index in [0.29, 0.717) is 31.0 Å². The number of rotatable bonds is 8. The zero-order chi connectivity index (χ0) is 19.8. The van der Waals surface area contributed by atoms with Crippen molar-refractivity contribution in [3.05, 3.63) is 69.2 Å². The Balaban J connectivity index is 2.14. The minimum absolute atomic E-state index is 0.0726. The molecule has 0 bridgehead atoms. The van der Waals surface area contributed by atoms with Crippen molar-refractivity contribution in [1.29, 1.82) is 0 Å². The first-order chi connectivity index (χ1) is 12.9. The fraction of sp³-hybridized carbons (Fsp3) is 0.333. The second-order valence-corrected chi connectivity index (χ2v) is 7.63. The number of halogens is 2. The summed E-state index contributed by atoms with van der Waals surface area (Å²) >= 11 is 9.61. The molecule has 2 aromatic carbocycles. The van der Waals surface area contributed by atoms with Crippen LogP contribution in [-0.4, -0.2) is 29.3 Å². The number of amides is 2. The van der Waals surface area contributed by atoms with Gasteiger partial charge in [0.15, 0.2) is 0 Å². The SMILES string of the molecule is CCNC(=O)[C@@H](C)N(Cc1ccc(Br)cc1)C(=O)CCc1ccccc1Cl. The summed E-state index contributed by atoms with van der Waals surface area (Å²) in [5.74, 6) is -0.225. The van der Waals surface area contributed by atoms with E-state index >= 15 is 0 Å². The second-order valence-electron chi connectivity index (χ2n) is 6.31. The molecule has 2 aromatic rings. The summed E-state index contributed by atoms with van der Waals surface area (Å²) < 4.78 is 0.972. The van der Waals surface area contributed by atoms with Gasteiger partial charge < -0.3 is 10.2 Å². The van der Waals surface area contributed by atoms with E-state index in [1.54, 1.807) is 11.8 Å². The highest BCUT2D eigenvalue weighted by atomic mass is 79.9. The standard InChI is InChI=1S/C21H24BrClN2O2/c1-3-24-21(27)15(2)25(14-16-8-11-18(22)12-9-16)20(26)13-10-17-6-4-5-7-19(17)23/h4-9,11-12,15H,3,10,13-14H2,1-2H3,(H,24,27)/t15-/m1/s1. The lowest BCUT2D eigenvalue weighted by Gasteiger charge is -2.29. The summed E-state index contributed by atoms with van der Waals surface area (Å²) in [6.07, 6.45) is 0.835. The van der Waals surface area contributed by atoms with Crippen LogP contribution < -0.4 is 5.32 Å². The Kier molecular flexibility index (Phi) is 8.32. The van der Waals surface area contributed by atoms with Crippen LogP contribution in [-0.2, 0) is 22.6 Å². The highest BCUT2D eigenvalue weighted by molar-refractivity contribution is 9.10. The lowest BCUT2D eigenvalue weighted by molar-refractivity contribution is -0.140. The molecule has 1 N–H and O–H groups in total. The van der Waals surface area contributed by atoms with Gasteiger partial charge in [-0.2, -0.15) is 0 Å². The molecule has 0 aliphatic carbocycles. The highest BCUT2D eigenvalue weighted by Gasteiger charge is 2.25. The average Bonchev–Trinajstić information content (AvgIpc) is 2.66. The van der Waals surface area contributed by atoms with Crippen molar-refractivity contribution in [1.82, 2.24) is 10.2 Å². The van der Waals surface area contributed by atoms with E-state index in [0.717, 1.165) is 15.6 Å². The van der Waals surface area contributed by atoms with Crippen LogP contribution in [0.5, 0.6) is 0 Å². The van der Waals surface area contributed by atoms with Crippen LogP contribution in [0.3, 0.4) is 0 Å². The molecule has 1 atom stereocenters. The third-order valence-electron chi connectivity index (χ3n) is 4.35. The maximum atomic E-state index is 12.9. The predicted octanol–water partition coefficient (Wildman–Crippen LogP) is 4.59. The maximum Gasteiger partial charge on any atom is 0.242 e. The third kappa shape index (κ3) is 6.36. The molecule has 0 saturated heterocycles. The molecule has 0 unspecified atom stereocenters. The van der Waals surface area contributed by atoms with Crippen molar-refractivity contribution in [2.75, 3.05) is 6.54 Å². The number of carbonyl (C=O) groups excluding carboxylic acids is 2. The first-order valence-electron chi connectivity index (χ1n) is 8.97. The molecule has 0 aliphatic rings. The molecule has 0 aliphatic heterocycles. The molecule has 0 heterocycles. The molecule has 2 amide bonds. The average molecular weight is 452 g/mol. The number of hydrogen-bond acceptors (Lipinski definition) is 2. The molecule has 0 fully saturated rings. The summed E-state index contributed by atoms with van der Waals surface area (Å²) in [6.45, 7) is 4.54. The summed E-state index contributed by atoms with van der Waals surface area (Å²) in [5.41, 5.74) is 1.90. The van der Waals surface area contributed by atoms with Crippen LogP contribution in [0.1, 0.15) is 31.4 Å². The van der Waals surface area contributed by atoms with Gasteiger partial charge in [0.2, 0.25) is 11.8 Å². The van der Waals surface area contributed by atoms with Crippen molar-refractivity contribution in [3.63, 3.8) is 0 Å². The number of nitrogens with zero attached hydrogens (tertiary/aromatic N) is 1. The molecule has 0 spiro atoms. The Bertz CT molecular complexity index is 780. The summed E-state index contributed by atoms with van der Waals surface area (Å²) in [7, 11) is 0.